The molecular formula is C16H21Cl2NO. The van der Waals surface area contributed by atoms with Gasteiger partial charge in [0.15, 0.2) is 0 Å². The van der Waals surface area contributed by atoms with Crippen LogP contribution < -0.4 is 5.32 Å². The van der Waals surface area contributed by atoms with E-state index in [0.717, 1.165) is 12.8 Å². The molecule has 0 saturated heterocycles. The molecule has 0 radical (unpaired) electrons. The van der Waals surface area contributed by atoms with E-state index in [4.69, 9.17) is 23.2 Å². The molecule has 0 heterocycles. The number of hydrogen-bond donors (Lipinski definition) is 1. The van der Waals surface area contributed by atoms with Gasteiger partial charge in [0.05, 0.1) is 5.41 Å². The van der Waals surface area contributed by atoms with E-state index in [2.05, 4.69) is 17.4 Å². The summed E-state index contributed by atoms with van der Waals surface area (Å²) >= 11 is 12.4. The van der Waals surface area contributed by atoms with Gasteiger partial charge in [-0.1, -0.05) is 44.2 Å². The third-order valence-electron chi connectivity index (χ3n) is 4.53. The predicted octanol–water partition coefficient (Wildman–Crippen LogP) is 3.96. The van der Waals surface area contributed by atoms with Gasteiger partial charge in [-0.15, -0.1) is 23.2 Å². The summed E-state index contributed by atoms with van der Waals surface area (Å²) in [5.41, 5.74) is 0.679. The van der Waals surface area contributed by atoms with Gasteiger partial charge in [0.1, 0.15) is 4.33 Å². The van der Waals surface area contributed by atoms with Crippen LogP contribution in [0.2, 0.25) is 0 Å². The minimum absolute atomic E-state index is 0.00874. The number of amides is 1. The van der Waals surface area contributed by atoms with Crippen molar-refractivity contribution in [3.63, 3.8) is 0 Å². The minimum Gasteiger partial charge on any atom is -0.356 e. The molecule has 0 bridgehead atoms. The third kappa shape index (κ3) is 2.56. The summed E-state index contributed by atoms with van der Waals surface area (Å²) in [4.78, 5) is 12.3. The Hall–Kier alpha value is -0.730. The molecule has 1 unspecified atom stereocenters. The number of hydrogen-bond acceptors (Lipinski definition) is 1. The maximum atomic E-state index is 12.3. The number of benzene rings is 1. The van der Waals surface area contributed by atoms with Crippen LogP contribution in [0.4, 0.5) is 0 Å². The second-order valence-corrected chi connectivity index (χ2v) is 6.90. The number of carbonyl (C=O) groups excluding carboxylic acids is 1. The topological polar surface area (TPSA) is 29.1 Å². The molecule has 1 saturated carbocycles. The summed E-state index contributed by atoms with van der Waals surface area (Å²) in [6.45, 7) is 4.56. The third-order valence-corrected chi connectivity index (χ3v) is 5.86. The molecule has 1 N–H and O–H groups in total. The monoisotopic (exact) mass is 313 g/mol. The summed E-state index contributed by atoms with van der Waals surface area (Å²) in [7, 11) is 0. The van der Waals surface area contributed by atoms with E-state index >= 15 is 0 Å². The number of nitrogens with one attached hydrogen (secondary N) is 1. The lowest BCUT2D eigenvalue weighted by Crippen LogP contribution is -2.36. The van der Waals surface area contributed by atoms with E-state index in [-0.39, 0.29) is 11.8 Å². The number of carbonyl (C=O) groups is 1. The van der Waals surface area contributed by atoms with Gasteiger partial charge in [-0.25, -0.2) is 0 Å². The molecule has 1 amide bonds. The molecule has 2 rings (SSSR count). The Labute approximate surface area is 130 Å². The SMILES string of the molecule is CC[C@]1(C(=O)NCCCc2ccccc2)C(C)C1(Cl)Cl. The second-order valence-electron chi connectivity index (χ2n) is 5.51. The van der Waals surface area contributed by atoms with Crippen molar-refractivity contribution in [1.82, 2.24) is 5.32 Å². The molecule has 4 heteroatoms. The molecule has 2 atom stereocenters. The average Bonchev–Trinajstić information content (AvgIpc) is 2.90. The van der Waals surface area contributed by atoms with Crippen molar-refractivity contribution < 1.29 is 4.79 Å². The number of aryl methyl sites for hydroxylation is 1. The van der Waals surface area contributed by atoms with Gasteiger partial charge in [0, 0.05) is 12.5 Å². The molecule has 20 heavy (non-hydrogen) atoms. The first-order chi connectivity index (χ1) is 9.46. The first kappa shape index (κ1) is 15.7. The first-order valence-electron chi connectivity index (χ1n) is 7.17. The van der Waals surface area contributed by atoms with Crippen molar-refractivity contribution in [2.45, 2.75) is 37.4 Å². The van der Waals surface area contributed by atoms with E-state index < -0.39 is 9.75 Å². The highest BCUT2D eigenvalue weighted by atomic mass is 35.5. The Morgan fingerprint density at radius 2 is 1.90 bits per heavy atom. The van der Waals surface area contributed by atoms with Crippen LogP contribution in [0.3, 0.4) is 0 Å². The van der Waals surface area contributed by atoms with Crippen LogP contribution >= 0.6 is 23.2 Å². The quantitative estimate of drug-likeness (QED) is 0.625. The number of halogens is 2. The smallest absolute Gasteiger partial charge is 0.229 e. The van der Waals surface area contributed by atoms with Gasteiger partial charge in [-0.3, -0.25) is 4.79 Å². The zero-order valence-electron chi connectivity index (χ0n) is 12.0. The first-order valence-corrected chi connectivity index (χ1v) is 7.92. The van der Waals surface area contributed by atoms with E-state index in [0.29, 0.717) is 13.0 Å². The lowest BCUT2D eigenvalue weighted by Gasteiger charge is -2.16. The van der Waals surface area contributed by atoms with E-state index in [1.165, 1.54) is 5.56 Å². The fourth-order valence-electron chi connectivity index (χ4n) is 2.99. The second kappa shape index (κ2) is 5.95. The van der Waals surface area contributed by atoms with Crippen LogP contribution in [0.1, 0.15) is 32.3 Å². The van der Waals surface area contributed by atoms with Crippen LogP contribution in [0.25, 0.3) is 0 Å². The van der Waals surface area contributed by atoms with E-state index in [1.807, 2.05) is 32.0 Å². The normalized spacial score (nSPS) is 27.1. The highest BCUT2D eigenvalue weighted by molar-refractivity contribution is 6.53. The van der Waals surface area contributed by atoms with Crippen molar-refractivity contribution >= 4 is 29.1 Å². The zero-order chi connectivity index (χ0) is 14.8. The van der Waals surface area contributed by atoms with Crippen LogP contribution in [-0.2, 0) is 11.2 Å². The Morgan fingerprint density at radius 3 is 2.40 bits per heavy atom. The van der Waals surface area contributed by atoms with E-state index in [9.17, 15) is 4.79 Å². The molecule has 1 aliphatic carbocycles. The van der Waals surface area contributed by atoms with Gasteiger partial charge in [0.25, 0.3) is 0 Å². The molecule has 110 valence electrons. The summed E-state index contributed by atoms with van der Waals surface area (Å²) in [6.07, 6.45) is 2.55. The maximum absolute atomic E-state index is 12.3. The van der Waals surface area contributed by atoms with Gasteiger partial charge in [-0.05, 0) is 24.8 Å². The van der Waals surface area contributed by atoms with Gasteiger partial charge in [0.2, 0.25) is 5.91 Å². The van der Waals surface area contributed by atoms with Crippen LogP contribution in [-0.4, -0.2) is 16.8 Å². The van der Waals surface area contributed by atoms with Gasteiger partial charge < -0.3 is 5.32 Å². The zero-order valence-corrected chi connectivity index (χ0v) is 13.5. The summed E-state index contributed by atoms with van der Waals surface area (Å²) in [6, 6.07) is 10.3. The molecule has 1 aromatic carbocycles. The van der Waals surface area contributed by atoms with Crippen molar-refractivity contribution in [3.8, 4) is 0 Å². The Kier molecular flexibility index (Phi) is 4.66. The van der Waals surface area contributed by atoms with Crippen LogP contribution in [0.5, 0.6) is 0 Å². The van der Waals surface area contributed by atoms with Crippen molar-refractivity contribution in [3.05, 3.63) is 35.9 Å². The van der Waals surface area contributed by atoms with Crippen LogP contribution in [0.15, 0.2) is 30.3 Å². The van der Waals surface area contributed by atoms with Crippen LogP contribution in [0, 0.1) is 11.3 Å². The molecular weight excluding hydrogens is 293 g/mol. The summed E-state index contributed by atoms with van der Waals surface area (Å²) in [5.74, 6) is 0.00279. The fraction of sp³-hybridized carbons (Fsp3) is 0.562. The molecule has 0 spiro atoms. The Morgan fingerprint density at radius 1 is 1.30 bits per heavy atom. The molecule has 2 nitrogen and oxygen atoms in total. The summed E-state index contributed by atoms with van der Waals surface area (Å²) < 4.78 is -0.911. The molecule has 0 aromatic heterocycles. The molecule has 0 aliphatic heterocycles. The summed E-state index contributed by atoms with van der Waals surface area (Å²) in [5, 5.41) is 2.98. The molecule has 1 aromatic rings. The maximum Gasteiger partial charge on any atom is 0.229 e. The highest BCUT2D eigenvalue weighted by Crippen LogP contribution is 2.70. The lowest BCUT2D eigenvalue weighted by atomic mass is 9.99. The number of rotatable bonds is 6. The van der Waals surface area contributed by atoms with E-state index in [1.54, 1.807) is 0 Å². The van der Waals surface area contributed by atoms with Gasteiger partial charge in [-0.2, -0.15) is 0 Å². The van der Waals surface area contributed by atoms with Crippen molar-refractivity contribution in [2.75, 3.05) is 6.54 Å². The Balaban J connectivity index is 1.79. The van der Waals surface area contributed by atoms with Crippen molar-refractivity contribution in [2.24, 2.45) is 11.3 Å². The molecule has 1 fully saturated rings. The average molecular weight is 314 g/mol. The lowest BCUT2D eigenvalue weighted by molar-refractivity contribution is -0.127. The van der Waals surface area contributed by atoms with Gasteiger partial charge >= 0.3 is 0 Å². The number of alkyl halides is 2. The standard InChI is InChI=1S/C16H21Cl2NO/c1-3-15(12(2)16(15,17)18)14(20)19-11-7-10-13-8-5-4-6-9-13/h4-6,8-9,12H,3,7,10-11H2,1-2H3,(H,19,20)/t12?,15-/m1/s1. The minimum atomic E-state index is -0.911. The molecule has 1 aliphatic rings. The largest absolute Gasteiger partial charge is 0.356 e. The predicted molar refractivity (Wildman–Crippen MR) is 84.1 cm³/mol. The Bertz CT molecular complexity index is 475. The fourth-order valence-corrected chi connectivity index (χ4v) is 4.02. The van der Waals surface area contributed by atoms with Crippen molar-refractivity contribution in [1.29, 1.82) is 0 Å². The highest BCUT2D eigenvalue weighted by Gasteiger charge is 2.76.